The molecule has 0 amide bonds. The zero-order valence-electron chi connectivity index (χ0n) is 7.67. The van der Waals surface area contributed by atoms with Crippen LogP contribution in [0.2, 0.25) is 5.28 Å². The number of hydrogen-bond donors (Lipinski definition) is 2. The van der Waals surface area contributed by atoms with E-state index in [0.717, 1.165) is 4.47 Å². The van der Waals surface area contributed by atoms with Gasteiger partial charge in [-0.3, -0.25) is 0 Å². The van der Waals surface area contributed by atoms with Gasteiger partial charge in [-0.15, -0.1) is 0 Å². The number of nitrogens with zero attached hydrogens (tertiary/aromatic N) is 2. The van der Waals surface area contributed by atoms with Crippen molar-refractivity contribution >= 4 is 33.3 Å². The molecule has 1 heterocycles. The third-order valence-corrected chi connectivity index (χ3v) is 2.33. The predicted octanol–water partition coefficient (Wildman–Crippen LogP) is 2.08. The maximum Gasteiger partial charge on any atom is 0.224 e. The van der Waals surface area contributed by atoms with E-state index in [0.29, 0.717) is 18.8 Å². The van der Waals surface area contributed by atoms with Crippen molar-refractivity contribution in [1.82, 2.24) is 9.97 Å². The lowest BCUT2D eigenvalue weighted by Crippen LogP contribution is -2.11. The van der Waals surface area contributed by atoms with Crippen molar-refractivity contribution in [3.63, 3.8) is 0 Å². The average Bonchev–Trinajstić information content (AvgIpc) is 2.10. The van der Waals surface area contributed by atoms with Gasteiger partial charge in [-0.2, -0.15) is 4.98 Å². The van der Waals surface area contributed by atoms with Gasteiger partial charge in [-0.05, 0) is 40.9 Å². The number of aromatic nitrogens is 2. The van der Waals surface area contributed by atoms with Gasteiger partial charge in [0.25, 0.3) is 0 Å². The summed E-state index contributed by atoms with van der Waals surface area (Å²) in [5, 5.41) is 12.3. The Morgan fingerprint density at radius 3 is 3.07 bits per heavy atom. The molecule has 0 aliphatic carbocycles. The summed E-state index contributed by atoms with van der Waals surface area (Å²) in [7, 11) is 0. The van der Waals surface area contributed by atoms with E-state index >= 15 is 0 Å². The van der Waals surface area contributed by atoms with Crippen LogP contribution >= 0.6 is 27.5 Å². The molecule has 4 nitrogen and oxygen atoms in total. The van der Waals surface area contributed by atoms with Gasteiger partial charge in [0.15, 0.2) is 0 Å². The quantitative estimate of drug-likeness (QED) is 0.829. The maximum absolute atomic E-state index is 9.04. The minimum atomic E-state index is -0.321. The van der Waals surface area contributed by atoms with Gasteiger partial charge < -0.3 is 10.4 Å². The highest BCUT2D eigenvalue weighted by molar-refractivity contribution is 9.10. The third kappa shape index (κ3) is 3.77. The number of anilines is 1. The van der Waals surface area contributed by atoms with Crippen LogP contribution in [-0.4, -0.2) is 27.7 Å². The highest BCUT2D eigenvalue weighted by atomic mass is 79.9. The van der Waals surface area contributed by atoms with Crippen LogP contribution in [0.15, 0.2) is 10.7 Å². The molecule has 1 aromatic heterocycles. The van der Waals surface area contributed by atoms with Gasteiger partial charge >= 0.3 is 0 Å². The Labute approximate surface area is 95.8 Å². The molecule has 0 radical (unpaired) electrons. The average molecular weight is 281 g/mol. The number of nitrogens with one attached hydrogen (secondary N) is 1. The maximum atomic E-state index is 9.04. The molecule has 0 bridgehead atoms. The fraction of sp³-hybridized carbons (Fsp3) is 0.500. The molecule has 78 valence electrons. The van der Waals surface area contributed by atoms with Gasteiger partial charge in [0.1, 0.15) is 5.82 Å². The molecule has 1 atom stereocenters. The van der Waals surface area contributed by atoms with Crippen molar-refractivity contribution in [2.24, 2.45) is 0 Å². The molecule has 0 fully saturated rings. The molecule has 1 aromatic rings. The number of hydrogen-bond acceptors (Lipinski definition) is 4. The lowest BCUT2D eigenvalue weighted by molar-refractivity contribution is 0.188. The van der Waals surface area contributed by atoms with E-state index < -0.39 is 0 Å². The molecule has 0 aliphatic rings. The van der Waals surface area contributed by atoms with Crippen LogP contribution in [-0.2, 0) is 0 Å². The van der Waals surface area contributed by atoms with Crippen LogP contribution in [0, 0.1) is 0 Å². The molecule has 0 saturated heterocycles. The normalized spacial score (nSPS) is 12.6. The van der Waals surface area contributed by atoms with Crippen LogP contribution < -0.4 is 5.32 Å². The summed E-state index contributed by atoms with van der Waals surface area (Å²) in [6.45, 7) is 2.38. The summed E-state index contributed by atoms with van der Waals surface area (Å²) >= 11 is 8.91. The Hall–Kier alpha value is -0.390. The Morgan fingerprint density at radius 2 is 2.43 bits per heavy atom. The summed E-state index contributed by atoms with van der Waals surface area (Å²) < 4.78 is 0.757. The van der Waals surface area contributed by atoms with Crippen molar-refractivity contribution < 1.29 is 5.11 Å². The molecule has 1 unspecified atom stereocenters. The van der Waals surface area contributed by atoms with E-state index in [9.17, 15) is 0 Å². The fourth-order valence-corrected chi connectivity index (χ4v) is 1.33. The molecule has 0 aliphatic heterocycles. The lowest BCUT2D eigenvalue weighted by Gasteiger charge is -2.08. The molecule has 1 rings (SSSR count). The predicted molar refractivity (Wildman–Crippen MR) is 59.5 cm³/mol. The standard InChI is InChI=1S/C8H11BrClN3O/c1-5(14)2-3-11-7-6(9)4-12-8(10)13-7/h4-5,14H,2-3H2,1H3,(H,11,12,13). The molecule has 0 spiro atoms. The van der Waals surface area contributed by atoms with E-state index in [1.807, 2.05) is 0 Å². The second-order valence-corrected chi connectivity index (χ2v) is 4.09. The Morgan fingerprint density at radius 1 is 1.71 bits per heavy atom. The zero-order valence-corrected chi connectivity index (χ0v) is 10.0. The van der Waals surface area contributed by atoms with Crippen LogP contribution in [0.4, 0.5) is 5.82 Å². The molecular formula is C8H11BrClN3O. The van der Waals surface area contributed by atoms with E-state index in [1.165, 1.54) is 0 Å². The van der Waals surface area contributed by atoms with Gasteiger partial charge in [0.2, 0.25) is 5.28 Å². The third-order valence-electron chi connectivity index (χ3n) is 1.57. The smallest absolute Gasteiger partial charge is 0.224 e. The molecule has 14 heavy (non-hydrogen) atoms. The largest absolute Gasteiger partial charge is 0.393 e. The second kappa shape index (κ2) is 5.48. The summed E-state index contributed by atoms with van der Waals surface area (Å²) in [4.78, 5) is 7.78. The van der Waals surface area contributed by atoms with Gasteiger partial charge in [0, 0.05) is 12.7 Å². The number of aliphatic hydroxyl groups excluding tert-OH is 1. The van der Waals surface area contributed by atoms with E-state index in [4.69, 9.17) is 16.7 Å². The minimum absolute atomic E-state index is 0.202. The first-order chi connectivity index (χ1) is 6.59. The Kier molecular flexibility index (Phi) is 4.57. The van der Waals surface area contributed by atoms with E-state index in [2.05, 4.69) is 31.2 Å². The van der Waals surface area contributed by atoms with Crippen LogP contribution in [0.1, 0.15) is 13.3 Å². The van der Waals surface area contributed by atoms with Crippen molar-refractivity contribution in [1.29, 1.82) is 0 Å². The molecule has 0 aromatic carbocycles. The Bertz CT molecular complexity index is 309. The first-order valence-corrected chi connectivity index (χ1v) is 5.36. The molecule has 0 saturated carbocycles. The SMILES string of the molecule is CC(O)CCNc1nc(Cl)ncc1Br. The summed E-state index contributed by atoms with van der Waals surface area (Å²) in [5.41, 5.74) is 0. The van der Waals surface area contributed by atoms with Gasteiger partial charge in [-0.25, -0.2) is 4.98 Å². The fourth-order valence-electron chi connectivity index (χ4n) is 0.869. The highest BCUT2D eigenvalue weighted by Gasteiger charge is 2.03. The number of rotatable bonds is 4. The van der Waals surface area contributed by atoms with Crippen LogP contribution in [0.5, 0.6) is 0 Å². The highest BCUT2D eigenvalue weighted by Crippen LogP contribution is 2.19. The van der Waals surface area contributed by atoms with Crippen LogP contribution in [0.25, 0.3) is 0 Å². The summed E-state index contributed by atoms with van der Waals surface area (Å²) in [6.07, 6.45) is 1.92. The van der Waals surface area contributed by atoms with Crippen LogP contribution in [0.3, 0.4) is 0 Å². The second-order valence-electron chi connectivity index (χ2n) is 2.90. The minimum Gasteiger partial charge on any atom is -0.393 e. The van der Waals surface area contributed by atoms with E-state index in [-0.39, 0.29) is 11.4 Å². The first-order valence-electron chi connectivity index (χ1n) is 4.19. The van der Waals surface area contributed by atoms with Gasteiger partial charge in [-0.1, -0.05) is 0 Å². The van der Waals surface area contributed by atoms with E-state index in [1.54, 1.807) is 13.1 Å². The number of halogens is 2. The molecule has 6 heteroatoms. The zero-order chi connectivity index (χ0) is 10.6. The Balaban J connectivity index is 2.53. The molecular weight excluding hydrogens is 269 g/mol. The summed E-state index contributed by atoms with van der Waals surface area (Å²) in [6, 6.07) is 0. The van der Waals surface area contributed by atoms with Crippen molar-refractivity contribution in [3.8, 4) is 0 Å². The van der Waals surface area contributed by atoms with Crippen molar-refractivity contribution in [2.45, 2.75) is 19.4 Å². The molecule has 2 N–H and O–H groups in total. The topological polar surface area (TPSA) is 58.0 Å². The summed E-state index contributed by atoms with van der Waals surface area (Å²) in [5.74, 6) is 0.644. The lowest BCUT2D eigenvalue weighted by atomic mass is 10.3. The first kappa shape index (κ1) is 11.7. The van der Waals surface area contributed by atoms with Gasteiger partial charge in [0.05, 0.1) is 10.6 Å². The number of aliphatic hydroxyl groups is 1. The monoisotopic (exact) mass is 279 g/mol. The van der Waals surface area contributed by atoms with Crippen molar-refractivity contribution in [3.05, 3.63) is 16.0 Å². The van der Waals surface area contributed by atoms with Crippen molar-refractivity contribution in [2.75, 3.05) is 11.9 Å².